The Morgan fingerprint density at radius 3 is 2.75 bits per heavy atom. The summed E-state index contributed by atoms with van der Waals surface area (Å²) in [6.45, 7) is 1.87. The summed E-state index contributed by atoms with van der Waals surface area (Å²) in [5.41, 5.74) is 1.04. The molecule has 1 aromatic carbocycles. The number of sulfonamides is 1. The predicted octanol–water partition coefficient (Wildman–Crippen LogP) is 2.21. The van der Waals surface area contributed by atoms with Crippen LogP contribution in [0.1, 0.15) is 6.42 Å². The molecule has 1 aromatic rings. The molecule has 0 fully saturated rings. The predicted molar refractivity (Wildman–Crippen MR) is 82.1 cm³/mol. The second kappa shape index (κ2) is 7.51. The minimum atomic E-state index is -3.67. The first-order chi connectivity index (χ1) is 8.99. The average Bonchev–Trinajstić information content (AvgIpc) is 2.41. The zero-order valence-corrected chi connectivity index (χ0v) is 13.7. The number of halogens is 3. The van der Waals surface area contributed by atoms with Crippen molar-refractivity contribution in [2.24, 2.45) is 0 Å². The van der Waals surface area contributed by atoms with Crippen molar-refractivity contribution in [3.63, 3.8) is 0 Å². The molecule has 0 spiro atoms. The molecule has 0 atom stereocenters. The lowest BCUT2D eigenvalue weighted by Gasteiger charge is -2.14. The molecule has 0 aromatic heterocycles. The lowest BCUT2D eigenvalue weighted by Crippen LogP contribution is -2.29. The summed E-state index contributed by atoms with van der Waals surface area (Å²) in [4.78, 5) is -0.0669. The highest BCUT2D eigenvalue weighted by atomic mass is 79.9. The van der Waals surface area contributed by atoms with Gasteiger partial charge in [-0.05, 0) is 47.1 Å². The Balaban J connectivity index is 0.00000200. The molecule has 112 valence electrons. The van der Waals surface area contributed by atoms with Gasteiger partial charge in [-0.2, -0.15) is 0 Å². The molecule has 1 heterocycles. The van der Waals surface area contributed by atoms with Gasteiger partial charge in [-0.3, -0.25) is 0 Å². The normalized spacial score (nSPS) is 15.4. The van der Waals surface area contributed by atoms with E-state index in [2.05, 4.69) is 26.0 Å². The monoisotopic (exact) mass is 384 g/mol. The smallest absolute Gasteiger partial charge is 0.240 e. The van der Waals surface area contributed by atoms with E-state index in [4.69, 9.17) is 0 Å². The highest BCUT2D eigenvalue weighted by Gasteiger charge is 2.16. The van der Waals surface area contributed by atoms with Crippen LogP contribution in [0.25, 0.3) is 0 Å². The third-order valence-electron chi connectivity index (χ3n) is 2.85. The minimum absolute atomic E-state index is 0. The van der Waals surface area contributed by atoms with E-state index in [9.17, 15) is 12.8 Å². The van der Waals surface area contributed by atoms with Crippen LogP contribution in [0.15, 0.2) is 39.2 Å². The summed E-state index contributed by atoms with van der Waals surface area (Å²) in [5.74, 6) is -0.594. The molecule has 0 unspecified atom stereocenters. The molecule has 8 heteroatoms. The van der Waals surface area contributed by atoms with Crippen LogP contribution in [0, 0.1) is 5.82 Å². The molecule has 0 aliphatic carbocycles. The van der Waals surface area contributed by atoms with E-state index < -0.39 is 15.8 Å². The molecule has 4 nitrogen and oxygen atoms in total. The zero-order chi connectivity index (χ0) is 13.9. The fourth-order valence-electron chi connectivity index (χ4n) is 1.75. The van der Waals surface area contributed by atoms with Gasteiger partial charge in [0.1, 0.15) is 5.82 Å². The minimum Gasteiger partial charge on any atom is -0.313 e. The van der Waals surface area contributed by atoms with Gasteiger partial charge in [0.2, 0.25) is 10.0 Å². The van der Waals surface area contributed by atoms with Gasteiger partial charge < -0.3 is 5.32 Å². The first kappa shape index (κ1) is 17.6. The van der Waals surface area contributed by atoms with E-state index in [0.717, 1.165) is 31.1 Å². The molecule has 1 aliphatic heterocycles. The SMILES string of the molecule is Cl.O=S(=O)(NCC1=CCNCC1)c1ccc(Br)c(F)c1. The summed E-state index contributed by atoms with van der Waals surface area (Å²) >= 11 is 2.99. The van der Waals surface area contributed by atoms with Gasteiger partial charge in [-0.1, -0.05) is 11.6 Å². The second-order valence-corrected chi connectivity index (χ2v) is 6.84. The lowest BCUT2D eigenvalue weighted by atomic mass is 10.1. The fourth-order valence-corrected chi connectivity index (χ4v) is 3.04. The highest BCUT2D eigenvalue weighted by molar-refractivity contribution is 9.10. The van der Waals surface area contributed by atoms with Crippen LogP contribution in [0.5, 0.6) is 0 Å². The van der Waals surface area contributed by atoms with E-state index in [-0.39, 0.29) is 28.3 Å². The highest BCUT2D eigenvalue weighted by Crippen LogP contribution is 2.19. The Labute approximate surface area is 132 Å². The van der Waals surface area contributed by atoms with Crippen molar-refractivity contribution in [1.29, 1.82) is 0 Å². The number of nitrogens with one attached hydrogen (secondary N) is 2. The van der Waals surface area contributed by atoms with Gasteiger partial charge in [0, 0.05) is 13.1 Å². The third kappa shape index (κ3) is 4.53. The summed E-state index contributed by atoms with van der Waals surface area (Å²) in [7, 11) is -3.67. The molecule has 1 aliphatic rings. The summed E-state index contributed by atoms with van der Waals surface area (Å²) in [5, 5.41) is 3.15. The first-order valence-electron chi connectivity index (χ1n) is 5.82. The van der Waals surface area contributed by atoms with Crippen LogP contribution in [0.3, 0.4) is 0 Å². The van der Waals surface area contributed by atoms with Gasteiger partial charge >= 0.3 is 0 Å². The quantitative estimate of drug-likeness (QED) is 0.781. The van der Waals surface area contributed by atoms with E-state index in [0.29, 0.717) is 0 Å². The van der Waals surface area contributed by atoms with Crippen molar-refractivity contribution in [3.8, 4) is 0 Å². The molecule has 20 heavy (non-hydrogen) atoms. The second-order valence-electron chi connectivity index (χ2n) is 4.22. The Hall–Kier alpha value is -0.470. The standard InChI is InChI=1S/C12H14BrFN2O2S.ClH/c13-11-2-1-10(7-12(11)14)19(17,18)16-8-9-3-5-15-6-4-9;/h1-3,7,15-16H,4-6,8H2;1H. The van der Waals surface area contributed by atoms with E-state index in [1.54, 1.807) is 0 Å². The molecule has 2 N–H and O–H groups in total. The Kier molecular flexibility index (Phi) is 6.60. The Bertz CT molecular complexity index is 607. The fraction of sp³-hybridized carbons (Fsp3) is 0.333. The van der Waals surface area contributed by atoms with Crippen molar-refractivity contribution in [1.82, 2.24) is 10.0 Å². The van der Waals surface area contributed by atoms with Gasteiger partial charge in [0.25, 0.3) is 0 Å². The average molecular weight is 386 g/mol. The maximum Gasteiger partial charge on any atom is 0.240 e. The number of rotatable bonds is 4. The van der Waals surface area contributed by atoms with Crippen LogP contribution in [0.4, 0.5) is 4.39 Å². The van der Waals surface area contributed by atoms with Crippen LogP contribution in [0.2, 0.25) is 0 Å². The zero-order valence-electron chi connectivity index (χ0n) is 10.5. The van der Waals surface area contributed by atoms with Crippen LogP contribution < -0.4 is 10.0 Å². The van der Waals surface area contributed by atoms with Crippen molar-refractivity contribution < 1.29 is 12.8 Å². The van der Waals surface area contributed by atoms with E-state index >= 15 is 0 Å². The molecular weight excluding hydrogens is 371 g/mol. The third-order valence-corrected chi connectivity index (χ3v) is 4.89. The summed E-state index contributed by atoms with van der Waals surface area (Å²) in [6.07, 6.45) is 2.78. The Morgan fingerprint density at radius 2 is 2.15 bits per heavy atom. The van der Waals surface area contributed by atoms with Crippen molar-refractivity contribution >= 4 is 38.4 Å². The topological polar surface area (TPSA) is 58.2 Å². The molecule has 0 amide bonds. The van der Waals surface area contributed by atoms with Gasteiger partial charge in [0.05, 0.1) is 9.37 Å². The molecule has 2 rings (SSSR count). The number of hydrogen-bond acceptors (Lipinski definition) is 3. The van der Waals surface area contributed by atoms with Crippen molar-refractivity contribution in [2.75, 3.05) is 19.6 Å². The summed E-state index contributed by atoms with van der Waals surface area (Å²) in [6, 6.07) is 3.75. The number of benzene rings is 1. The number of hydrogen-bond donors (Lipinski definition) is 2. The van der Waals surface area contributed by atoms with Gasteiger partial charge in [-0.15, -0.1) is 12.4 Å². The largest absolute Gasteiger partial charge is 0.313 e. The molecule has 0 saturated heterocycles. The molecule has 0 radical (unpaired) electrons. The van der Waals surface area contributed by atoms with Crippen LogP contribution in [-0.4, -0.2) is 28.1 Å². The van der Waals surface area contributed by atoms with E-state index in [1.165, 1.54) is 12.1 Å². The van der Waals surface area contributed by atoms with Crippen LogP contribution >= 0.6 is 28.3 Å². The molecule has 0 bridgehead atoms. The van der Waals surface area contributed by atoms with Crippen LogP contribution in [-0.2, 0) is 10.0 Å². The molecule has 0 saturated carbocycles. The van der Waals surface area contributed by atoms with Gasteiger partial charge in [0.15, 0.2) is 0 Å². The maximum atomic E-state index is 13.3. The van der Waals surface area contributed by atoms with E-state index in [1.807, 2.05) is 6.08 Å². The molecular formula is C12H15BrClFN2O2S. The maximum absolute atomic E-state index is 13.3. The van der Waals surface area contributed by atoms with Gasteiger partial charge in [-0.25, -0.2) is 17.5 Å². The van der Waals surface area contributed by atoms with Crippen molar-refractivity contribution in [3.05, 3.63) is 40.1 Å². The lowest BCUT2D eigenvalue weighted by molar-refractivity contribution is 0.577. The van der Waals surface area contributed by atoms with Crippen molar-refractivity contribution in [2.45, 2.75) is 11.3 Å². The summed E-state index contributed by atoms with van der Waals surface area (Å²) < 4.78 is 40.1. The Morgan fingerprint density at radius 1 is 1.40 bits per heavy atom. The first-order valence-corrected chi connectivity index (χ1v) is 8.10.